The van der Waals surface area contributed by atoms with E-state index in [1.54, 1.807) is 11.0 Å². The molecule has 7 heteroatoms. The first kappa shape index (κ1) is 15.5. The lowest BCUT2D eigenvalue weighted by Crippen LogP contribution is -2.43. The third kappa shape index (κ3) is 4.31. The maximum Gasteiger partial charge on any atom is 0.257 e. The van der Waals surface area contributed by atoms with Crippen LogP contribution in [0.1, 0.15) is 10.4 Å². The predicted octanol–water partition coefficient (Wildman–Crippen LogP) is 0.809. The fourth-order valence-electron chi connectivity index (χ4n) is 2.13. The van der Waals surface area contributed by atoms with Crippen molar-refractivity contribution >= 4 is 21.8 Å². The monoisotopic (exact) mass is 346 g/mol. The van der Waals surface area contributed by atoms with Crippen LogP contribution in [0.2, 0.25) is 0 Å². The molecule has 2 rings (SSSR count). The molecule has 20 heavy (non-hydrogen) atoms. The van der Waals surface area contributed by atoms with Gasteiger partial charge in [0.15, 0.2) is 4.67 Å². The highest BCUT2D eigenvalue weighted by atomic mass is 79.9. The van der Waals surface area contributed by atoms with Crippen LogP contribution in [0.3, 0.4) is 0 Å². The van der Waals surface area contributed by atoms with Gasteiger partial charge in [0.25, 0.3) is 5.91 Å². The molecule has 1 aromatic heterocycles. The van der Waals surface area contributed by atoms with Crippen molar-refractivity contribution in [3.63, 3.8) is 0 Å². The number of nitrogens with zero attached hydrogens (tertiary/aromatic N) is 2. The molecule has 0 aromatic carbocycles. The molecule has 1 saturated heterocycles. The van der Waals surface area contributed by atoms with Gasteiger partial charge in [0.2, 0.25) is 0 Å². The van der Waals surface area contributed by atoms with Gasteiger partial charge in [0.1, 0.15) is 6.26 Å². The van der Waals surface area contributed by atoms with E-state index in [1.165, 1.54) is 6.26 Å². The first-order chi connectivity index (χ1) is 9.70. The van der Waals surface area contributed by atoms with E-state index in [9.17, 15) is 4.79 Å². The summed E-state index contributed by atoms with van der Waals surface area (Å²) in [6, 6.07) is 1.64. The third-order valence-corrected chi connectivity index (χ3v) is 3.68. The number of hydrogen-bond donors (Lipinski definition) is 1. The van der Waals surface area contributed by atoms with Gasteiger partial charge in [0.05, 0.1) is 25.4 Å². The summed E-state index contributed by atoms with van der Waals surface area (Å²) in [5, 5.41) is 9.11. The Labute approximate surface area is 126 Å². The Morgan fingerprint density at radius 3 is 2.75 bits per heavy atom. The average Bonchev–Trinajstić information content (AvgIpc) is 2.90. The number of ether oxygens (including phenoxy) is 1. The number of morpholine rings is 1. The lowest BCUT2D eigenvalue weighted by atomic mass is 10.3. The Balaban J connectivity index is 1.90. The van der Waals surface area contributed by atoms with Crippen molar-refractivity contribution in [1.29, 1.82) is 0 Å². The van der Waals surface area contributed by atoms with Gasteiger partial charge >= 0.3 is 0 Å². The Kier molecular flexibility index (Phi) is 6.03. The minimum absolute atomic E-state index is 0.0477. The summed E-state index contributed by atoms with van der Waals surface area (Å²) in [4.78, 5) is 16.2. The zero-order valence-corrected chi connectivity index (χ0v) is 12.8. The maximum absolute atomic E-state index is 12.3. The Hall–Kier alpha value is -0.890. The van der Waals surface area contributed by atoms with Crippen LogP contribution < -0.4 is 0 Å². The van der Waals surface area contributed by atoms with Gasteiger partial charge < -0.3 is 19.2 Å². The van der Waals surface area contributed by atoms with E-state index in [4.69, 9.17) is 14.3 Å². The Morgan fingerprint density at radius 1 is 1.40 bits per heavy atom. The number of halogens is 1. The normalized spacial score (nSPS) is 16.3. The van der Waals surface area contributed by atoms with Crippen molar-refractivity contribution in [2.24, 2.45) is 0 Å². The number of hydrogen-bond acceptors (Lipinski definition) is 5. The predicted molar refractivity (Wildman–Crippen MR) is 76.7 cm³/mol. The number of rotatable bonds is 6. The summed E-state index contributed by atoms with van der Waals surface area (Å²) in [6.45, 7) is 4.90. The molecular weight excluding hydrogens is 328 g/mol. The van der Waals surface area contributed by atoms with E-state index < -0.39 is 0 Å². The number of carbonyl (C=O) groups excluding carboxylic acids is 1. The Morgan fingerprint density at radius 2 is 2.15 bits per heavy atom. The third-order valence-electron chi connectivity index (χ3n) is 3.26. The minimum atomic E-state index is -0.123. The molecule has 2 heterocycles. The molecule has 1 amide bonds. The van der Waals surface area contributed by atoms with Crippen molar-refractivity contribution in [2.45, 2.75) is 0 Å². The fraction of sp³-hybridized carbons (Fsp3) is 0.615. The van der Waals surface area contributed by atoms with Gasteiger partial charge in [0, 0.05) is 38.8 Å². The van der Waals surface area contributed by atoms with Crippen molar-refractivity contribution in [2.75, 3.05) is 52.5 Å². The van der Waals surface area contributed by atoms with Gasteiger partial charge in [-0.25, -0.2) is 0 Å². The molecule has 0 atom stereocenters. The van der Waals surface area contributed by atoms with E-state index in [2.05, 4.69) is 20.8 Å². The first-order valence-electron chi connectivity index (χ1n) is 6.65. The highest BCUT2D eigenvalue weighted by Gasteiger charge is 2.19. The summed E-state index contributed by atoms with van der Waals surface area (Å²) in [5.41, 5.74) is 0.493. The number of furan rings is 1. The molecule has 0 radical (unpaired) electrons. The molecule has 0 aliphatic carbocycles. The van der Waals surface area contributed by atoms with Crippen LogP contribution in [0.4, 0.5) is 0 Å². The number of carbonyl (C=O) groups is 1. The summed E-state index contributed by atoms with van der Waals surface area (Å²) < 4.78 is 10.9. The summed E-state index contributed by atoms with van der Waals surface area (Å²) in [6.07, 6.45) is 1.42. The van der Waals surface area contributed by atoms with Crippen molar-refractivity contribution in [3.8, 4) is 0 Å². The number of aliphatic hydroxyl groups excluding tert-OH is 1. The summed E-state index contributed by atoms with van der Waals surface area (Å²) in [7, 11) is 0. The lowest BCUT2D eigenvalue weighted by molar-refractivity contribution is 0.0315. The van der Waals surface area contributed by atoms with Crippen LogP contribution in [0.15, 0.2) is 21.4 Å². The second kappa shape index (κ2) is 7.78. The molecule has 6 nitrogen and oxygen atoms in total. The molecule has 1 N–H and O–H groups in total. The molecule has 0 bridgehead atoms. The lowest BCUT2D eigenvalue weighted by Gasteiger charge is -2.29. The van der Waals surface area contributed by atoms with Crippen LogP contribution in [-0.2, 0) is 4.74 Å². The highest BCUT2D eigenvalue weighted by Crippen LogP contribution is 2.15. The molecule has 0 saturated carbocycles. The van der Waals surface area contributed by atoms with Crippen molar-refractivity contribution in [3.05, 3.63) is 22.6 Å². The van der Waals surface area contributed by atoms with Crippen LogP contribution in [0.5, 0.6) is 0 Å². The molecular formula is C13H19BrN2O4. The van der Waals surface area contributed by atoms with Crippen LogP contribution >= 0.6 is 15.9 Å². The molecule has 1 fully saturated rings. The van der Waals surface area contributed by atoms with Crippen LogP contribution in [-0.4, -0.2) is 73.4 Å². The largest absolute Gasteiger partial charge is 0.457 e. The van der Waals surface area contributed by atoms with Crippen molar-refractivity contribution in [1.82, 2.24) is 9.80 Å². The number of aliphatic hydroxyl groups is 1. The molecule has 0 unspecified atom stereocenters. The van der Waals surface area contributed by atoms with E-state index in [-0.39, 0.29) is 12.5 Å². The van der Waals surface area contributed by atoms with E-state index in [1.807, 2.05) is 0 Å². The second-order valence-corrected chi connectivity index (χ2v) is 5.39. The maximum atomic E-state index is 12.3. The number of amides is 1. The minimum Gasteiger partial charge on any atom is -0.457 e. The van der Waals surface area contributed by atoms with Gasteiger partial charge in [-0.1, -0.05) is 0 Å². The van der Waals surface area contributed by atoms with Gasteiger partial charge in [-0.3, -0.25) is 9.69 Å². The van der Waals surface area contributed by atoms with E-state index in [0.717, 1.165) is 32.8 Å². The standard InChI is InChI=1S/C13H19BrN2O4/c14-12-9-11(10-20-12)13(18)16(3-6-17)2-1-15-4-7-19-8-5-15/h9-10,17H,1-8H2. The molecule has 1 aliphatic rings. The summed E-state index contributed by atoms with van der Waals surface area (Å²) in [5.74, 6) is -0.123. The molecule has 1 aromatic rings. The smallest absolute Gasteiger partial charge is 0.257 e. The summed E-state index contributed by atoms with van der Waals surface area (Å²) >= 11 is 3.18. The topological polar surface area (TPSA) is 66.2 Å². The van der Waals surface area contributed by atoms with Gasteiger partial charge in [-0.2, -0.15) is 0 Å². The average molecular weight is 347 g/mol. The zero-order valence-electron chi connectivity index (χ0n) is 11.3. The van der Waals surface area contributed by atoms with Gasteiger partial charge in [-0.05, 0) is 15.9 Å². The van der Waals surface area contributed by atoms with Gasteiger partial charge in [-0.15, -0.1) is 0 Å². The fourth-order valence-corrected chi connectivity index (χ4v) is 2.47. The van der Waals surface area contributed by atoms with Crippen LogP contribution in [0.25, 0.3) is 0 Å². The molecule has 0 spiro atoms. The van der Waals surface area contributed by atoms with Crippen molar-refractivity contribution < 1.29 is 19.1 Å². The first-order valence-corrected chi connectivity index (χ1v) is 7.44. The zero-order chi connectivity index (χ0) is 14.4. The SMILES string of the molecule is O=C(c1coc(Br)c1)N(CCO)CCN1CCOCC1. The molecule has 112 valence electrons. The highest BCUT2D eigenvalue weighted by molar-refractivity contribution is 9.10. The van der Waals surface area contributed by atoms with E-state index >= 15 is 0 Å². The van der Waals surface area contributed by atoms with Crippen LogP contribution in [0, 0.1) is 0 Å². The quantitative estimate of drug-likeness (QED) is 0.825. The van der Waals surface area contributed by atoms with E-state index in [0.29, 0.717) is 23.3 Å². The molecule has 1 aliphatic heterocycles. The Bertz CT molecular complexity index is 432. The second-order valence-electron chi connectivity index (χ2n) is 4.61.